The van der Waals surface area contributed by atoms with Gasteiger partial charge in [0.15, 0.2) is 0 Å². The maximum Gasteiger partial charge on any atom is 0.293 e. The van der Waals surface area contributed by atoms with Crippen molar-refractivity contribution in [2.24, 2.45) is 5.73 Å². The minimum Gasteiger partial charge on any atom is -0.359 e. The van der Waals surface area contributed by atoms with Crippen LogP contribution in [-0.4, -0.2) is 5.91 Å². The molecule has 0 atom stereocenters. The van der Waals surface area contributed by atoms with Gasteiger partial charge >= 0.3 is 0 Å². The number of carbonyl (C=O) groups excluding carboxylic acids is 1. The average Bonchev–Trinajstić information content (AvgIpc) is 2.15. The first-order valence-corrected chi connectivity index (χ1v) is 3.95. The van der Waals surface area contributed by atoms with Crippen LogP contribution in [-0.2, 0) is 4.79 Å². The van der Waals surface area contributed by atoms with Crippen LogP contribution in [0.15, 0.2) is 18.2 Å². The monoisotopic (exact) mass is 184 g/mol. The fraction of sp³-hybridized carbons (Fsp3) is 0.0909. The summed E-state index contributed by atoms with van der Waals surface area (Å²) in [5.41, 5.74) is 7.03. The molecule has 14 heavy (non-hydrogen) atoms. The maximum atomic E-state index is 10.4. The SMILES string of the molecule is Cc1cc(C#N)ccc1C#CC(N)=O. The van der Waals surface area contributed by atoms with Gasteiger partial charge in [0.25, 0.3) is 5.91 Å². The second-order valence-electron chi connectivity index (χ2n) is 2.76. The summed E-state index contributed by atoms with van der Waals surface area (Å²) < 4.78 is 0. The number of nitrogens with zero attached hydrogens (tertiary/aromatic N) is 1. The van der Waals surface area contributed by atoms with Crippen LogP contribution in [0.4, 0.5) is 0 Å². The standard InChI is InChI=1S/C11H8N2O/c1-8-6-9(7-12)2-3-10(8)4-5-11(13)14/h2-3,6H,1H3,(H2,13,14). The van der Waals surface area contributed by atoms with Crippen LogP contribution in [0.3, 0.4) is 0 Å². The van der Waals surface area contributed by atoms with Crippen LogP contribution in [0.2, 0.25) is 0 Å². The molecule has 0 aromatic heterocycles. The maximum absolute atomic E-state index is 10.4. The molecule has 0 fully saturated rings. The number of amides is 1. The van der Waals surface area contributed by atoms with E-state index in [4.69, 9.17) is 11.0 Å². The van der Waals surface area contributed by atoms with E-state index in [1.165, 1.54) is 0 Å². The van der Waals surface area contributed by atoms with Gasteiger partial charge in [-0.15, -0.1) is 0 Å². The van der Waals surface area contributed by atoms with Crippen molar-refractivity contribution in [1.29, 1.82) is 5.26 Å². The van der Waals surface area contributed by atoms with E-state index in [2.05, 4.69) is 11.8 Å². The number of nitriles is 1. The van der Waals surface area contributed by atoms with E-state index in [0.717, 1.165) is 5.56 Å². The van der Waals surface area contributed by atoms with Crippen LogP contribution in [0.1, 0.15) is 16.7 Å². The zero-order valence-corrected chi connectivity index (χ0v) is 7.66. The number of hydrogen-bond donors (Lipinski definition) is 1. The largest absolute Gasteiger partial charge is 0.359 e. The van der Waals surface area contributed by atoms with Crippen molar-refractivity contribution in [2.75, 3.05) is 0 Å². The van der Waals surface area contributed by atoms with Crippen molar-refractivity contribution < 1.29 is 4.79 Å². The lowest BCUT2D eigenvalue weighted by Crippen LogP contribution is -2.06. The molecule has 0 aliphatic carbocycles. The Morgan fingerprint density at radius 3 is 2.71 bits per heavy atom. The van der Waals surface area contributed by atoms with Gasteiger partial charge in [0, 0.05) is 5.56 Å². The lowest BCUT2D eigenvalue weighted by atomic mass is 10.1. The number of carbonyl (C=O) groups is 1. The second-order valence-corrected chi connectivity index (χ2v) is 2.76. The Hall–Kier alpha value is -2.26. The van der Waals surface area contributed by atoms with E-state index in [9.17, 15) is 4.79 Å². The third-order valence-corrected chi connectivity index (χ3v) is 1.68. The fourth-order valence-electron chi connectivity index (χ4n) is 1.00. The molecule has 0 saturated heterocycles. The Morgan fingerprint density at radius 1 is 1.50 bits per heavy atom. The molecule has 1 amide bonds. The van der Waals surface area contributed by atoms with Crippen LogP contribution in [0, 0.1) is 30.1 Å². The molecule has 0 radical (unpaired) electrons. The van der Waals surface area contributed by atoms with Crippen LogP contribution >= 0.6 is 0 Å². The topological polar surface area (TPSA) is 66.9 Å². The van der Waals surface area contributed by atoms with Gasteiger partial charge in [-0.3, -0.25) is 4.79 Å². The molecule has 1 aromatic carbocycles. The third-order valence-electron chi connectivity index (χ3n) is 1.68. The lowest BCUT2D eigenvalue weighted by Gasteiger charge is -1.96. The van der Waals surface area contributed by atoms with Crippen molar-refractivity contribution in [1.82, 2.24) is 0 Å². The Labute approximate surface area is 82.1 Å². The van der Waals surface area contributed by atoms with Gasteiger partial charge in [0.05, 0.1) is 11.6 Å². The predicted molar refractivity (Wildman–Crippen MR) is 52.0 cm³/mol. The van der Waals surface area contributed by atoms with Gasteiger partial charge in [-0.05, 0) is 36.6 Å². The Morgan fingerprint density at radius 2 is 2.21 bits per heavy atom. The predicted octanol–water partition coefficient (Wildman–Crippen LogP) is 0.704. The Kier molecular flexibility index (Phi) is 2.89. The van der Waals surface area contributed by atoms with Gasteiger partial charge in [0.1, 0.15) is 0 Å². The number of hydrogen-bond acceptors (Lipinski definition) is 2. The highest BCUT2D eigenvalue weighted by Crippen LogP contribution is 2.08. The fourth-order valence-corrected chi connectivity index (χ4v) is 1.00. The third kappa shape index (κ3) is 2.36. The molecular formula is C11H8N2O. The zero-order valence-electron chi connectivity index (χ0n) is 7.66. The number of primary amides is 1. The summed E-state index contributed by atoms with van der Waals surface area (Å²) in [5.74, 6) is 4.22. The van der Waals surface area contributed by atoms with E-state index in [0.29, 0.717) is 11.1 Å². The quantitative estimate of drug-likeness (QED) is 0.603. The minimum atomic E-state index is -0.659. The van der Waals surface area contributed by atoms with Crippen molar-refractivity contribution in [3.8, 4) is 17.9 Å². The summed E-state index contributed by atoms with van der Waals surface area (Å²) in [6, 6.07) is 7.08. The molecule has 0 aliphatic heterocycles. The summed E-state index contributed by atoms with van der Waals surface area (Å²) in [6.45, 7) is 1.83. The Balaban J connectivity index is 3.10. The van der Waals surface area contributed by atoms with Crippen molar-refractivity contribution in [3.63, 3.8) is 0 Å². The molecule has 3 heteroatoms. The normalized spacial score (nSPS) is 8.29. The molecule has 68 valence electrons. The van der Waals surface area contributed by atoms with Crippen LogP contribution in [0.5, 0.6) is 0 Å². The summed E-state index contributed by atoms with van der Waals surface area (Å²) in [7, 11) is 0. The van der Waals surface area contributed by atoms with E-state index >= 15 is 0 Å². The number of rotatable bonds is 0. The van der Waals surface area contributed by atoms with E-state index in [1.54, 1.807) is 18.2 Å². The summed E-state index contributed by atoms with van der Waals surface area (Å²) in [4.78, 5) is 10.4. The number of nitrogens with two attached hydrogens (primary N) is 1. The summed E-state index contributed by atoms with van der Waals surface area (Å²) >= 11 is 0. The molecule has 0 unspecified atom stereocenters. The molecule has 3 nitrogen and oxygen atoms in total. The van der Waals surface area contributed by atoms with Gasteiger partial charge in [0.2, 0.25) is 0 Å². The van der Waals surface area contributed by atoms with Crippen molar-refractivity contribution >= 4 is 5.91 Å². The molecular weight excluding hydrogens is 176 g/mol. The molecule has 0 spiro atoms. The highest BCUT2D eigenvalue weighted by Gasteiger charge is 1.96. The Bertz CT molecular complexity index is 472. The van der Waals surface area contributed by atoms with Gasteiger partial charge in [-0.25, -0.2) is 0 Å². The highest BCUT2D eigenvalue weighted by molar-refractivity contribution is 5.92. The van der Waals surface area contributed by atoms with Gasteiger partial charge < -0.3 is 5.73 Å². The molecule has 1 aromatic rings. The highest BCUT2D eigenvalue weighted by atomic mass is 16.1. The first kappa shape index (κ1) is 9.83. The smallest absolute Gasteiger partial charge is 0.293 e. The molecule has 0 saturated carbocycles. The zero-order chi connectivity index (χ0) is 10.6. The number of aryl methyl sites for hydroxylation is 1. The molecule has 1 rings (SSSR count). The van der Waals surface area contributed by atoms with Gasteiger partial charge in [-0.2, -0.15) is 5.26 Å². The second kappa shape index (κ2) is 4.11. The minimum absolute atomic E-state index is 0.576. The summed E-state index contributed by atoms with van der Waals surface area (Å²) in [6.07, 6.45) is 0. The van der Waals surface area contributed by atoms with Gasteiger partial charge in [-0.1, -0.05) is 5.92 Å². The first-order chi connectivity index (χ1) is 6.63. The summed E-state index contributed by atoms with van der Waals surface area (Å²) in [5, 5.41) is 8.61. The van der Waals surface area contributed by atoms with E-state index in [1.807, 2.05) is 13.0 Å². The van der Waals surface area contributed by atoms with Crippen LogP contribution in [0.25, 0.3) is 0 Å². The number of benzene rings is 1. The molecule has 0 bridgehead atoms. The molecule has 0 heterocycles. The molecule has 2 N–H and O–H groups in total. The average molecular weight is 184 g/mol. The molecule has 0 aliphatic rings. The first-order valence-electron chi connectivity index (χ1n) is 3.95. The van der Waals surface area contributed by atoms with Crippen molar-refractivity contribution in [3.05, 3.63) is 34.9 Å². The van der Waals surface area contributed by atoms with Crippen molar-refractivity contribution in [2.45, 2.75) is 6.92 Å². The lowest BCUT2D eigenvalue weighted by molar-refractivity contribution is -0.112. The van der Waals surface area contributed by atoms with E-state index in [-0.39, 0.29) is 0 Å². The van der Waals surface area contributed by atoms with Crippen LogP contribution < -0.4 is 5.73 Å². The van der Waals surface area contributed by atoms with E-state index < -0.39 is 5.91 Å².